The van der Waals surface area contributed by atoms with Crippen LogP contribution >= 0.6 is 15.9 Å². The molecule has 18 heavy (non-hydrogen) atoms. The van der Waals surface area contributed by atoms with E-state index in [2.05, 4.69) is 32.7 Å². The van der Waals surface area contributed by atoms with Crippen molar-refractivity contribution < 1.29 is 9.47 Å². The van der Waals surface area contributed by atoms with Gasteiger partial charge in [-0.15, -0.1) is 0 Å². The molecule has 0 unspecified atom stereocenters. The first-order chi connectivity index (χ1) is 8.86. The molecule has 0 bridgehead atoms. The van der Waals surface area contributed by atoms with Crippen LogP contribution in [0.1, 0.15) is 0 Å². The van der Waals surface area contributed by atoms with E-state index in [1.54, 1.807) is 0 Å². The summed E-state index contributed by atoms with van der Waals surface area (Å²) in [6.07, 6.45) is 0. The summed E-state index contributed by atoms with van der Waals surface area (Å²) >= 11 is 3.43. The number of ether oxygens (including phenoxy) is 2. The first-order valence-electron chi connectivity index (χ1n) is 5.99. The van der Waals surface area contributed by atoms with E-state index in [0.717, 1.165) is 43.1 Å². The second-order valence-electron chi connectivity index (χ2n) is 3.96. The van der Waals surface area contributed by atoms with E-state index in [4.69, 9.17) is 9.47 Å². The Bertz CT molecular complexity index is 433. The highest BCUT2D eigenvalue weighted by molar-refractivity contribution is 9.10. The molecule has 1 heterocycles. The van der Waals surface area contributed by atoms with Gasteiger partial charge in [-0.3, -0.25) is 4.90 Å². The molecule has 1 fully saturated rings. The van der Waals surface area contributed by atoms with Gasteiger partial charge in [0, 0.05) is 13.1 Å². The minimum absolute atomic E-state index is 0.424. The van der Waals surface area contributed by atoms with Crippen molar-refractivity contribution in [3.63, 3.8) is 0 Å². The standard InChI is InChI=1S/C14H16BrNO2/c15-13-5-1-2-6-14(13)18-10-4-3-7-16-8-11-17-12-9-16/h1-2,5-6H,7-12H2. The van der Waals surface area contributed by atoms with Crippen molar-refractivity contribution in [1.29, 1.82) is 0 Å². The average molecular weight is 310 g/mol. The summed E-state index contributed by atoms with van der Waals surface area (Å²) in [7, 11) is 0. The molecule has 0 radical (unpaired) electrons. The van der Waals surface area contributed by atoms with Crippen LogP contribution < -0.4 is 4.74 Å². The van der Waals surface area contributed by atoms with Gasteiger partial charge >= 0.3 is 0 Å². The zero-order valence-corrected chi connectivity index (χ0v) is 11.8. The van der Waals surface area contributed by atoms with E-state index >= 15 is 0 Å². The van der Waals surface area contributed by atoms with E-state index in [9.17, 15) is 0 Å². The Morgan fingerprint density at radius 2 is 2.00 bits per heavy atom. The molecular weight excluding hydrogens is 294 g/mol. The molecule has 0 saturated carbocycles. The fraction of sp³-hybridized carbons (Fsp3) is 0.429. The fourth-order valence-corrected chi connectivity index (χ4v) is 2.05. The third-order valence-electron chi connectivity index (χ3n) is 2.67. The molecule has 1 aliphatic heterocycles. The van der Waals surface area contributed by atoms with Crippen LogP contribution in [-0.2, 0) is 4.74 Å². The van der Waals surface area contributed by atoms with Gasteiger partial charge in [-0.2, -0.15) is 0 Å². The van der Waals surface area contributed by atoms with Gasteiger partial charge in [-0.25, -0.2) is 0 Å². The summed E-state index contributed by atoms with van der Waals surface area (Å²) in [4.78, 5) is 2.29. The lowest BCUT2D eigenvalue weighted by Gasteiger charge is -2.24. The third kappa shape index (κ3) is 4.34. The molecule has 1 aliphatic rings. The number of halogens is 1. The van der Waals surface area contributed by atoms with Crippen molar-refractivity contribution >= 4 is 15.9 Å². The van der Waals surface area contributed by atoms with Crippen molar-refractivity contribution in [2.45, 2.75) is 0 Å². The molecule has 96 valence electrons. The fourth-order valence-electron chi connectivity index (χ4n) is 1.65. The summed E-state index contributed by atoms with van der Waals surface area (Å²) in [5.41, 5.74) is 0. The van der Waals surface area contributed by atoms with E-state index in [1.807, 2.05) is 24.3 Å². The van der Waals surface area contributed by atoms with Crippen molar-refractivity contribution in [2.75, 3.05) is 39.5 Å². The molecule has 0 amide bonds. The summed E-state index contributed by atoms with van der Waals surface area (Å²) in [6.45, 7) is 4.79. The van der Waals surface area contributed by atoms with Crippen LogP contribution in [0, 0.1) is 11.8 Å². The monoisotopic (exact) mass is 309 g/mol. The Morgan fingerprint density at radius 1 is 1.22 bits per heavy atom. The smallest absolute Gasteiger partial charge is 0.149 e. The zero-order chi connectivity index (χ0) is 12.6. The molecule has 0 aliphatic carbocycles. The summed E-state index contributed by atoms with van der Waals surface area (Å²) < 4.78 is 11.8. The van der Waals surface area contributed by atoms with Crippen molar-refractivity contribution in [1.82, 2.24) is 4.90 Å². The van der Waals surface area contributed by atoms with Gasteiger partial charge in [0.1, 0.15) is 12.4 Å². The highest BCUT2D eigenvalue weighted by atomic mass is 79.9. The summed E-state index contributed by atoms with van der Waals surface area (Å²) in [5.74, 6) is 6.99. The van der Waals surface area contributed by atoms with E-state index in [0.29, 0.717) is 6.61 Å². The minimum Gasteiger partial charge on any atom is -0.480 e. The lowest BCUT2D eigenvalue weighted by molar-refractivity contribution is 0.0443. The molecule has 1 aromatic rings. The number of rotatable bonds is 3. The maximum atomic E-state index is 5.56. The van der Waals surface area contributed by atoms with Crippen molar-refractivity contribution in [2.24, 2.45) is 0 Å². The molecule has 0 aromatic heterocycles. The number of hydrogen-bond acceptors (Lipinski definition) is 3. The van der Waals surface area contributed by atoms with E-state index < -0.39 is 0 Å². The Balaban J connectivity index is 1.70. The van der Waals surface area contributed by atoms with Gasteiger partial charge < -0.3 is 9.47 Å². The topological polar surface area (TPSA) is 21.7 Å². The van der Waals surface area contributed by atoms with Crippen LogP contribution in [0.25, 0.3) is 0 Å². The molecule has 0 atom stereocenters. The summed E-state index contributed by atoms with van der Waals surface area (Å²) in [6, 6.07) is 7.78. The number of nitrogens with zero attached hydrogens (tertiary/aromatic N) is 1. The SMILES string of the molecule is Brc1ccccc1OCC#CCN1CCOCC1. The van der Waals surface area contributed by atoms with Crippen LogP contribution in [-0.4, -0.2) is 44.4 Å². The second-order valence-corrected chi connectivity index (χ2v) is 4.82. The van der Waals surface area contributed by atoms with Gasteiger partial charge in [-0.1, -0.05) is 24.0 Å². The molecule has 1 aromatic carbocycles. The normalized spacial score (nSPS) is 15.8. The van der Waals surface area contributed by atoms with Gasteiger partial charge in [0.15, 0.2) is 0 Å². The Hall–Kier alpha value is -1.02. The maximum Gasteiger partial charge on any atom is 0.149 e. The average Bonchev–Trinajstić information content (AvgIpc) is 2.42. The van der Waals surface area contributed by atoms with Crippen LogP contribution in [0.15, 0.2) is 28.7 Å². The number of benzene rings is 1. The molecule has 2 rings (SSSR count). The predicted molar refractivity (Wildman–Crippen MR) is 74.7 cm³/mol. The molecule has 3 nitrogen and oxygen atoms in total. The Labute approximate surface area is 116 Å². The van der Waals surface area contributed by atoms with Gasteiger partial charge in [0.05, 0.1) is 24.2 Å². The highest BCUT2D eigenvalue weighted by Crippen LogP contribution is 2.23. The first-order valence-corrected chi connectivity index (χ1v) is 6.79. The Morgan fingerprint density at radius 3 is 2.78 bits per heavy atom. The van der Waals surface area contributed by atoms with Gasteiger partial charge in [0.2, 0.25) is 0 Å². The van der Waals surface area contributed by atoms with Crippen LogP contribution in [0.2, 0.25) is 0 Å². The molecular formula is C14H16BrNO2. The number of para-hydroxylation sites is 1. The lowest BCUT2D eigenvalue weighted by Crippen LogP contribution is -2.36. The van der Waals surface area contributed by atoms with Crippen molar-refractivity contribution in [3.05, 3.63) is 28.7 Å². The van der Waals surface area contributed by atoms with E-state index in [-0.39, 0.29) is 0 Å². The largest absolute Gasteiger partial charge is 0.480 e. The van der Waals surface area contributed by atoms with Gasteiger partial charge in [-0.05, 0) is 28.1 Å². The Kier molecular flexibility index (Phi) is 5.53. The zero-order valence-electron chi connectivity index (χ0n) is 10.2. The molecule has 0 N–H and O–H groups in total. The second kappa shape index (κ2) is 7.42. The summed E-state index contributed by atoms with van der Waals surface area (Å²) in [5, 5.41) is 0. The van der Waals surface area contributed by atoms with E-state index in [1.165, 1.54) is 0 Å². The van der Waals surface area contributed by atoms with Crippen LogP contribution in [0.5, 0.6) is 5.75 Å². The van der Waals surface area contributed by atoms with Gasteiger partial charge in [0.25, 0.3) is 0 Å². The quantitative estimate of drug-likeness (QED) is 0.799. The minimum atomic E-state index is 0.424. The van der Waals surface area contributed by atoms with Crippen LogP contribution in [0.3, 0.4) is 0 Å². The number of morpholine rings is 1. The lowest BCUT2D eigenvalue weighted by atomic mass is 10.3. The van der Waals surface area contributed by atoms with Crippen molar-refractivity contribution in [3.8, 4) is 17.6 Å². The predicted octanol–water partition coefficient (Wildman–Crippen LogP) is 2.16. The third-order valence-corrected chi connectivity index (χ3v) is 3.32. The first kappa shape index (κ1) is 13.4. The molecule has 0 spiro atoms. The number of hydrogen-bond donors (Lipinski definition) is 0. The molecule has 1 saturated heterocycles. The molecule has 4 heteroatoms. The highest BCUT2D eigenvalue weighted by Gasteiger charge is 2.07. The van der Waals surface area contributed by atoms with Crippen LogP contribution in [0.4, 0.5) is 0 Å². The maximum absolute atomic E-state index is 5.56.